The molecule has 18 heavy (non-hydrogen) atoms. The summed E-state index contributed by atoms with van der Waals surface area (Å²) >= 11 is 5.01. The Hall–Kier alpha value is -0.650. The molecule has 0 N–H and O–H groups in total. The number of carbonyl (C=O) groups is 1. The molecule has 1 atom stereocenters. The van der Waals surface area contributed by atoms with Gasteiger partial charge in [0.2, 0.25) is 5.91 Å². The minimum Gasteiger partial charge on any atom is -0.377 e. The van der Waals surface area contributed by atoms with Gasteiger partial charge in [0.1, 0.15) is 0 Å². The van der Waals surface area contributed by atoms with Crippen molar-refractivity contribution in [1.29, 1.82) is 0 Å². The van der Waals surface area contributed by atoms with Gasteiger partial charge < -0.3 is 9.64 Å². The van der Waals surface area contributed by atoms with Crippen LogP contribution in [0.1, 0.15) is 18.2 Å². The highest BCUT2D eigenvalue weighted by Gasteiger charge is 2.24. The van der Waals surface area contributed by atoms with Crippen LogP contribution in [0.15, 0.2) is 22.0 Å². The van der Waals surface area contributed by atoms with Crippen LogP contribution in [0.2, 0.25) is 0 Å². The van der Waals surface area contributed by atoms with Gasteiger partial charge in [-0.15, -0.1) is 11.3 Å². The quantitative estimate of drug-likeness (QED) is 0.794. The second-order valence-corrected chi connectivity index (χ2v) is 6.01. The number of rotatable bonds is 4. The molecule has 0 saturated carbocycles. The molecule has 1 fully saturated rings. The zero-order valence-electron chi connectivity index (χ0n) is 10.3. The van der Waals surface area contributed by atoms with Gasteiger partial charge in [-0.2, -0.15) is 0 Å². The van der Waals surface area contributed by atoms with Crippen molar-refractivity contribution < 1.29 is 9.53 Å². The number of nitrogens with zero attached hydrogens (tertiary/aromatic N) is 1. The summed E-state index contributed by atoms with van der Waals surface area (Å²) in [6, 6.07) is 2.00. The highest BCUT2D eigenvalue weighted by molar-refractivity contribution is 9.10. The third-order valence-electron chi connectivity index (χ3n) is 2.84. The Balaban J connectivity index is 1.87. The van der Waals surface area contributed by atoms with Crippen molar-refractivity contribution in [2.75, 3.05) is 19.7 Å². The van der Waals surface area contributed by atoms with Crippen LogP contribution in [0.5, 0.6) is 0 Å². The molecule has 3 nitrogen and oxygen atoms in total. The number of thiophene rings is 1. The number of amides is 1. The second kappa shape index (κ2) is 6.50. The summed E-state index contributed by atoms with van der Waals surface area (Å²) in [7, 11) is 0. The Kier molecular flexibility index (Phi) is 4.97. The standard InChI is InChI=1S/C13H16BrNO2S/c1-2-17-11-5-6-15(8-11)13(16)4-3-12-7-10(14)9-18-12/h3-4,7,9,11H,2,5-6,8H2,1H3/b4-3+/t11-/m1/s1. The lowest BCUT2D eigenvalue weighted by molar-refractivity contribution is -0.125. The molecular weight excluding hydrogens is 314 g/mol. The zero-order chi connectivity index (χ0) is 13.0. The third kappa shape index (κ3) is 3.67. The first kappa shape index (κ1) is 13.8. The number of ether oxygens (including phenoxy) is 1. The van der Waals surface area contributed by atoms with Crippen LogP contribution in [0, 0.1) is 0 Å². The predicted molar refractivity (Wildman–Crippen MR) is 77.7 cm³/mol. The van der Waals surface area contributed by atoms with Gasteiger partial charge in [0, 0.05) is 40.5 Å². The normalized spacial score (nSPS) is 19.9. The van der Waals surface area contributed by atoms with Crippen LogP contribution in [0.25, 0.3) is 6.08 Å². The van der Waals surface area contributed by atoms with Gasteiger partial charge in [-0.05, 0) is 41.4 Å². The smallest absolute Gasteiger partial charge is 0.246 e. The first-order valence-corrected chi connectivity index (χ1v) is 7.69. The molecule has 1 saturated heterocycles. The lowest BCUT2D eigenvalue weighted by atomic mass is 10.3. The van der Waals surface area contributed by atoms with Gasteiger partial charge >= 0.3 is 0 Å². The predicted octanol–water partition coefficient (Wildman–Crippen LogP) is 3.16. The summed E-state index contributed by atoms with van der Waals surface area (Å²) in [6.07, 6.45) is 4.67. The van der Waals surface area contributed by atoms with Crippen molar-refractivity contribution in [3.05, 3.63) is 26.9 Å². The summed E-state index contributed by atoms with van der Waals surface area (Å²) in [4.78, 5) is 14.9. The van der Waals surface area contributed by atoms with Crippen LogP contribution in [-0.4, -0.2) is 36.6 Å². The SMILES string of the molecule is CCO[C@@H]1CCN(C(=O)/C=C/c2cc(Br)cs2)C1. The topological polar surface area (TPSA) is 29.5 Å². The lowest BCUT2D eigenvalue weighted by Gasteiger charge is -2.14. The van der Waals surface area contributed by atoms with Crippen molar-refractivity contribution >= 4 is 39.2 Å². The molecule has 1 aromatic rings. The van der Waals surface area contributed by atoms with E-state index < -0.39 is 0 Å². The molecule has 0 unspecified atom stereocenters. The Morgan fingerprint density at radius 1 is 1.72 bits per heavy atom. The molecule has 0 bridgehead atoms. The zero-order valence-corrected chi connectivity index (χ0v) is 12.7. The number of carbonyl (C=O) groups excluding carboxylic acids is 1. The van der Waals surface area contributed by atoms with Crippen molar-refractivity contribution in [2.24, 2.45) is 0 Å². The van der Waals surface area contributed by atoms with Crippen LogP contribution in [-0.2, 0) is 9.53 Å². The van der Waals surface area contributed by atoms with E-state index >= 15 is 0 Å². The summed E-state index contributed by atoms with van der Waals surface area (Å²) < 4.78 is 6.58. The van der Waals surface area contributed by atoms with E-state index in [1.54, 1.807) is 17.4 Å². The maximum Gasteiger partial charge on any atom is 0.246 e. The van der Waals surface area contributed by atoms with E-state index in [4.69, 9.17) is 4.74 Å². The minimum absolute atomic E-state index is 0.0710. The van der Waals surface area contributed by atoms with E-state index in [1.165, 1.54) is 0 Å². The first-order valence-electron chi connectivity index (χ1n) is 6.01. The molecule has 2 heterocycles. The average molecular weight is 330 g/mol. The van der Waals surface area contributed by atoms with E-state index in [1.807, 2.05) is 29.3 Å². The molecule has 1 aromatic heterocycles. The monoisotopic (exact) mass is 329 g/mol. The fourth-order valence-electron chi connectivity index (χ4n) is 1.97. The Morgan fingerprint density at radius 2 is 2.56 bits per heavy atom. The highest BCUT2D eigenvalue weighted by atomic mass is 79.9. The van der Waals surface area contributed by atoms with Crippen LogP contribution >= 0.6 is 27.3 Å². The molecule has 98 valence electrons. The molecule has 0 aromatic carbocycles. The van der Waals surface area contributed by atoms with Gasteiger partial charge in [0.15, 0.2) is 0 Å². The molecule has 1 aliphatic heterocycles. The van der Waals surface area contributed by atoms with Crippen molar-refractivity contribution in [3.63, 3.8) is 0 Å². The first-order chi connectivity index (χ1) is 8.69. The molecule has 2 rings (SSSR count). The van der Waals surface area contributed by atoms with Crippen LogP contribution < -0.4 is 0 Å². The summed E-state index contributed by atoms with van der Waals surface area (Å²) in [6.45, 7) is 4.21. The Bertz CT molecular complexity index is 444. The fraction of sp³-hybridized carbons (Fsp3) is 0.462. The molecule has 0 aliphatic carbocycles. The second-order valence-electron chi connectivity index (χ2n) is 4.15. The number of hydrogen-bond acceptors (Lipinski definition) is 3. The van der Waals surface area contributed by atoms with E-state index in [-0.39, 0.29) is 12.0 Å². The summed E-state index contributed by atoms with van der Waals surface area (Å²) in [5, 5.41) is 2.01. The number of halogens is 1. The molecule has 5 heteroatoms. The number of hydrogen-bond donors (Lipinski definition) is 0. The fourth-order valence-corrected chi connectivity index (χ4v) is 3.31. The van der Waals surface area contributed by atoms with E-state index in [2.05, 4.69) is 15.9 Å². The van der Waals surface area contributed by atoms with Gasteiger partial charge in [-0.3, -0.25) is 4.79 Å². The van der Waals surface area contributed by atoms with Crippen LogP contribution in [0.4, 0.5) is 0 Å². The average Bonchev–Trinajstić information content (AvgIpc) is 2.96. The summed E-state index contributed by atoms with van der Waals surface area (Å²) in [5.74, 6) is 0.0710. The molecule has 1 amide bonds. The van der Waals surface area contributed by atoms with E-state index in [0.717, 1.165) is 22.3 Å². The van der Waals surface area contributed by atoms with Gasteiger partial charge in [-0.1, -0.05) is 0 Å². The van der Waals surface area contributed by atoms with Gasteiger partial charge in [0.25, 0.3) is 0 Å². The van der Waals surface area contributed by atoms with Gasteiger partial charge in [0.05, 0.1) is 6.10 Å². The summed E-state index contributed by atoms with van der Waals surface area (Å²) in [5.41, 5.74) is 0. The molecule has 0 spiro atoms. The van der Waals surface area contributed by atoms with Crippen molar-refractivity contribution in [1.82, 2.24) is 4.90 Å². The molecule has 1 aliphatic rings. The molecule has 0 radical (unpaired) electrons. The Morgan fingerprint density at radius 3 is 3.22 bits per heavy atom. The van der Waals surface area contributed by atoms with Crippen molar-refractivity contribution in [2.45, 2.75) is 19.4 Å². The lowest BCUT2D eigenvalue weighted by Crippen LogP contribution is -2.28. The van der Waals surface area contributed by atoms with Gasteiger partial charge in [-0.25, -0.2) is 0 Å². The highest BCUT2D eigenvalue weighted by Crippen LogP contribution is 2.21. The molecular formula is C13H16BrNO2S. The largest absolute Gasteiger partial charge is 0.377 e. The van der Waals surface area contributed by atoms with Crippen LogP contribution in [0.3, 0.4) is 0 Å². The van der Waals surface area contributed by atoms with E-state index in [0.29, 0.717) is 13.2 Å². The third-order valence-corrected chi connectivity index (χ3v) is 4.50. The van der Waals surface area contributed by atoms with E-state index in [9.17, 15) is 4.79 Å². The van der Waals surface area contributed by atoms with Crippen molar-refractivity contribution in [3.8, 4) is 0 Å². The minimum atomic E-state index is 0.0710. The number of likely N-dealkylation sites (tertiary alicyclic amines) is 1. The Labute approximate surface area is 120 Å². The maximum absolute atomic E-state index is 12.0. The maximum atomic E-state index is 12.0.